The van der Waals surface area contributed by atoms with E-state index >= 15 is 0 Å². The topological polar surface area (TPSA) is 6.48 Å². The van der Waals surface area contributed by atoms with E-state index in [1.54, 1.807) is 0 Å². The third kappa shape index (κ3) is 3.50. The highest BCUT2D eigenvalue weighted by Crippen LogP contribution is 2.49. The van der Waals surface area contributed by atoms with Crippen molar-refractivity contribution in [2.45, 2.75) is 16.2 Å². The minimum atomic E-state index is 1.04. The molecule has 26 heavy (non-hydrogen) atoms. The Morgan fingerprint density at radius 2 is 1.50 bits per heavy atom. The molecule has 0 amide bonds. The molecule has 1 aliphatic rings. The highest BCUT2D eigenvalue weighted by Gasteiger charge is 2.23. The summed E-state index contributed by atoms with van der Waals surface area (Å²) in [5.41, 5.74) is 5.21. The molecule has 3 heteroatoms. The van der Waals surface area contributed by atoms with Crippen LogP contribution in [-0.2, 0) is 0 Å². The van der Waals surface area contributed by atoms with Crippen molar-refractivity contribution < 1.29 is 0 Å². The minimum absolute atomic E-state index is 1.04. The van der Waals surface area contributed by atoms with Crippen LogP contribution < -0.4 is 4.90 Å². The third-order valence-corrected chi connectivity index (χ3v) is 5.83. The number of fused-ring (bicyclic) bond motifs is 2. The van der Waals surface area contributed by atoms with Gasteiger partial charge in [-0.15, -0.1) is 0 Å². The van der Waals surface area contributed by atoms with Crippen molar-refractivity contribution in [3.05, 3.63) is 72.8 Å². The number of rotatable bonds is 5. The summed E-state index contributed by atoms with van der Waals surface area (Å²) in [5, 5.41) is 0. The molecule has 0 fully saturated rings. The molecular weight excluding hydrogens is 336 g/mol. The maximum atomic E-state index is 2.49. The van der Waals surface area contributed by atoms with Crippen molar-refractivity contribution in [1.82, 2.24) is 4.90 Å². The number of anilines is 2. The third-order valence-electron chi connectivity index (χ3n) is 4.72. The van der Waals surface area contributed by atoms with Crippen LogP contribution in [0.15, 0.2) is 82.6 Å². The van der Waals surface area contributed by atoms with Gasteiger partial charge < -0.3 is 9.80 Å². The summed E-state index contributed by atoms with van der Waals surface area (Å²) in [6, 6.07) is 26.3. The molecule has 3 aromatic rings. The van der Waals surface area contributed by atoms with Crippen molar-refractivity contribution in [1.29, 1.82) is 0 Å². The first-order chi connectivity index (χ1) is 12.7. The zero-order valence-corrected chi connectivity index (χ0v) is 16.2. The van der Waals surface area contributed by atoms with E-state index in [0.29, 0.717) is 0 Å². The Hall–Kier alpha value is -2.23. The molecular formula is C23H24N2S. The monoisotopic (exact) mass is 360 g/mol. The predicted octanol–water partition coefficient (Wildman–Crippen LogP) is 5.91. The fraction of sp³-hybridized carbons (Fsp3) is 0.217. The van der Waals surface area contributed by atoms with Gasteiger partial charge in [-0.25, -0.2) is 0 Å². The largest absolute Gasteiger partial charge is 0.340 e. The average Bonchev–Trinajstić information content (AvgIpc) is 2.67. The van der Waals surface area contributed by atoms with E-state index in [9.17, 15) is 0 Å². The van der Waals surface area contributed by atoms with Crippen molar-refractivity contribution in [3.8, 4) is 11.1 Å². The summed E-state index contributed by atoms with van der Waals surface area (Å²) < 4.78 is 0. The lowest BCUT2D eigenvalue weighted by molar-refractivity contribution is 0.402. The number of benzene rings is 3. The van der Waals surface area contributed by atoms with Gasteiger partial charge in [-0.3, -0.25) is 0 Å². The van der Waals surface area contributed by atoms with Crippen molar-refractivity contribution in [3.63, 3.8) is 0 Å². The Labute approximate surface area is 160 Å². The lowest BCUT2D eigenvalue weighted by atomic mass is 10.0. The first-order valence-corrected chi connectivity index (χ1v) is 9.92. The molecule has 0 bridgehead atoms. The van der Waals surface area contributed by atoms with E-state index in [-0.39, 0.29) is 0 Å². The maximum Gasteiger partial charge on any atom is 0.0553 e. The molecule has 0 unspecified atom stereocenters. The minimum Gasteiger partial charge on any atom is -0.340 e. The van der Waals surface area contributed by atoms with Crippen LogP contribution in [0.3, 0.4) is 0 Å². The van der Waals surface area contributed by atoms with Gasteiger partial charge in [-0.05, 0) is 62.5 Å². The highest BCUT2D eigenvalue weighted by atomic mass is 32.2. The van der Waals surface area contributed by atoms with Crippen molar-refractivity contribution >= 4 is 23.1 Å². The summed E-state index contributed by atoms with van der Waals surface area (Å²) in [6.45, 7) is 2.14. The van der Waals surface area contributed by atoms with E-state index in [1.165, 1.54) is 32.3 Å². The predicted molar refractivity (Wildman–Crippen MR) is 113 cm³/mol. The van der Waals surface area contributed by atoms with Gasteiger partial charge in [0.1, 0.15) is 0 Å². The molecule has 0 saturated heterocycles. The second kappa shape index (κ2) is 7.56. The Balaban J connectivity index is 1.70. The molecule has 2 nitrogen and oxygen atoms in total. The molecule has 0 radical (unpaired) electrons. The van der Waals surface area contributed by atoms with E-state index in [2.05, 4.69) is 96.7 Å². The van der Waals surface area contributed by atoms with Gasteiger partial charge in [0.2, 0.25) is 0 Å². The number of para-hydroxylation sites is 1. The van der Waals surface area contributed by atoms with Gasteiger partial charge in [-0.1, -0.05) is 60.3 Å². The zero-order valence-electron chi connectivity index (χ0n) is 15.4. The first-order valence-electron chi connectivity index (χ1n) is 9.11. The zero-order chi connectivity index (χ0) is 17.9. The first kappa shape index (κ1) is 17.2. The molecule has 4 rings (SSSR count). The maximum absolute atomic E-state index is 2.49. The Kier molecular flexibility index (Phi) is 5.00. The van der Waals surface area contributed by atoms with Crippen LogP contribution in [0, 0.1) is 0 Å². The van der Waals surface area contributed by atoms with Gasteiger partial charge in [0.25, 0.3) is 0 Å². The number of hydrogen-bond donors (Lipinski definition) is 0. The Bertz CT molecular complexity index is 890. The van der Waals surface area contributed by atoms with E-state index in [0.717, 1.165) is 19.5 Å². The van der Waals surface area contributed by atoms with Crippen LogP contribution in [0.1, 0.15) is 6.42 Å². The summed E-state index contributed by atoms with van der Waals surface area (Å²) in [7, 11) is 4.28. The normalized spacial score (nSPS) is 12.8. The number of hydrogen-bond acceptors (Lipinski definition) is 3. The Morgan fingerprint density at radius 1 is 0.769 bits per heavy atom. The van der Waals surface area contributed by atoms with Gasteiger partial charge in [0.05, 0.1) is 11.4 Å². The molecule has 0 atom stereocenters. The summed E-state index contributed by atoms with van der Waals surface area (Å²) in [6.07, 6.45) is 1.14. The standard InChI is InChI=1S/C23H24N2S/c1-24(2)15-8-16-25-20-11-6-7-12-22(20)26-23-17-19(13-14-21(23)25)18-9-4-3-5-10-18/h3-7,9-14,17H,8,15-16H2,1-2H3. The molecule has 132 valence electrons. The van der Waals surface area contributed by atoms with Crippen LogP contribution in [-0.4, -0.2) is 32.1 Å². The summed E-state index contributed by atoms with van der Waals surface area (Å²) >= 11 is 1.88. The molecule has 0 aromatic heterocycles. The van der Waals surface area contributed by atoms with Crippen LogP contribution >= 0.6 is 11.8 Å². The van der Waals surface area contributed by atoms with Gasteiger partial charge in [0.15, 0.2) is 0 Å². The van der Waals surface area contributed by atoms with Crippen LogP contribution in [0.2, 0.25) is 0 Å². The number of nitrogens with zero attached hydrogens (tertiary/aromatic N) is 2. The van der Waals surface area contributed by atoms with Crippen LogP contribution in [0.5, 0.6) is 0 Å². The van der Waals surface area contributed by atoms with E-state index < -0.39 is 0 Å². The fourth-order valence-corrected chi connectivity index (χ4v) is 4.56. The smallest absolute Gasteiger partial charge is 0.0553 e. The van der Waals surface area contributed by atoms with E-state index in [4.69, 9.17) is 0 Å². The van der Waals surface area contributed by atoms with Crippen LogP contribution in [0.4, 0.5) is 11.4 Å². The van der Waals surface area contributed by atoms with Gasteiger partial charge in [-0.2, -0.15) is 0 Å². The van der Waals surface area contributed by atoms with E-state index in [1.807, 2.05) is 11.8 Å². The van der Waals surface area contributed by atoms with Crippen molar-refractivity contribution in [2.24, 2.45) is 0 Å². The lowest BCUT2D eigenvalue weighted by Gasteiger charge is -2.33. The van der Waals surface area contributed by atoms with Gasteiger partial charge >= 0.3 is 0 Å². The molecule has 0 saturated carbocycles. The fourth-order valence-electron chi connectivity index (χ4n) is 3.43. The Morgan fingerprint density at radius 3 is 2.31 bits per heavy atom. The highest BCUT2D eigenvalue weighted by molar-refractivity contribution is 7.99. The molecule has 0 spiro atoms. The average molecular weight is 361 g/mol. The summed E-state index contributed by atoms with van der Waals surface area (Å²) in [5.74, 6) is 0. The van der Waals surface area contributed by atoms with Crippen LogP contribution in [0.25, 0.3) is 11.1 Å². The molecule has 0 aliphatic carbocycles. The summed E-state index contributed by atoms with van der Waals surface area (Å²) in [4.78, 5) is 7.42. The van der Waals surface area contributed by atoms with Gasteiger partial charge in [0, 0.05) is 16.3 Å². The SMILES string of the molecule is CN(C)CCCN1c2ccccc2Sc2cc(-c3ccccc3)ccc21. The second-order valence-corrected chi connectivity index (χ2v) is 8.01. The molecule has 3 aromatic carbocycles. The molecule has 1 heterocycles. The second-order valence-electron chi connectivity index (χ2n) is 6.93. The lowest BCUT2D eigenvalue weighted by Crippen LogP contribution is -2.25. The van der Waals surface area contributed by atoms with Crippen molar-refractivity contribution in [2.75, 3.05) is 32.1 Å². The molecule has 1 aliphatic heterocycles. The molecule has 0 N–H and O–H groups in total. The quantitative estimate of drug-likeness (QED) is 0.558.